The summed E-state index contributed by atoms with van der Waals surface area (Å²) < 4.78 is 1.85. The molecule has 4 rings (SSSR count). The molecule has 0 unspecified atom stereocenters. The molecule has 2 fully saturated rings. The van der Waals surface area contributed by atoms with E-state index < -0.39 is 0 Å². The summed E-state index contributed by atoms with van der Waals surface area (Å²) in [5, 5.41) is 15.3. The van der Waals surface area contributed by atoms with E-state index >= 15 is 0 Å². The molecule has 6 heteroatoms. The fourth-order valence-electron chi connectivity index (χ4n) is 4.69. The fraction of sp³-hybridized carbons (Fsp3) is 0.550. The number of aliphatic hydroxyl groups excluding tert-OH is 1. The first-order valence-electron chi connectivity index (χ1n) is 9.43. The Morgan fingerprint density at radius 2 is 2.12 bits per heavy atom. The van der Waals surface area contributed by atoms with Gasteiger partial charge in [0.2, 0.25) is 0 Å². The average Bonchev–Trinajstić information content (AvgIpc) is 3.11. The van der Waals surface area contributed by atoms with Crippen molar-refractivity contribution in [2.75, 3.05) is 33.3 Å². The van der Waals surface area contributed by atoms with E-state index in [1.807, 2.05) is 35.1 Å². The van der Waals surface area contributed by atoms with Crippen molar-refractivity contribution < 1.29 is 5.11 Å². The second-order valence-corrected chi connectivity index (χ2v) is 8.26. The van der Waals surface area contributed by atoms with Crippen molar-refractivity contribution in [2.24, 2.45) is 5.41 Å². The predicted molar refractivity (Wildman–Crippen MR) is 104 cm³/mol. The third-order valence-electron chi connectivity index (χ3n) is 6.24. The van der Waals surface area contributed by atoms with Gasteiger partial charge in [-0.25, -0.2) is 4.68 Å². The minimum atomic E-state index is 0.0885. The van der Waals surface area contributed by atoms with Crippen LogP contribution in [0.15, 0.2) is 36.7 Å². The Morgan fingerprint density at radius 1 is 1.27 bits per heavy atom. The van der Waals surface area contributed by atoms with Crippen LogP contribution < -0.4 is 0 Å². The van der Waals surface area contributed by atoms with Crippen molar-refractivity contribution in [1.29, 1.82) is 0 Å². The number of benzene rings is 1. The third kappa shape index (κ3) is 3.29. The monoisotopic (exact) mass is 374 g/mol. The molecule has 1 N–H and O–H groups in total. The molecule has 140 valence electrons. The van der Waals surface area contributed by atoms with Crippen LogP contribution in [-0.4, -0.2) is 64.0 Å². The molecule has 2 aliphatic rings. The summed E-state index contributed by atoms with van der Waals surface area (Å²) in [5.74, 6) is 0. The highest BCUT2D eigenvalue weighted by Gasteiger charge is 2.46. The molecule has 3 heterocycles. The molecular formula is C20H27ClN4O. The number of hydrogen-bond acceptors (Lipinski definition) is 4. The summed E-state index contributed by atoms with van der Waals surface area (Å²) in [6, 6.07) is 8.20. The van der Waals surface area contributed by atoms with E-state index in [4.69, 9.17) is 11.6 Å². The Balaban J connectivity index is 1.47. The largest absolute Gasteiger partial charge is 0.396 e. The number of hydrogen-bond donors (Lipinski definition) is 1. The van der Waals surface area contributed by atoms with Gasteiger partial charge in [-0.3, -0.25) is 4.90 Å². The number of rotatable bonds is 4. The van der Waals surface area contributed by atoms with Crippen molar-refractivity contribution >= 4 is 11.6 Å². The first kappa shape index (κ1) is 18.0. The van der Waals surface area contributed by atoms with Gasteiger partial charge in [-0.1, -0.05) is 23.7 Å². The number of aliphatic hydroxyl groups is 1. The summed E-state index contributed by atoms with van der Waals surface area (Å²) in [7, 11) is 2.20. The first-order chi connectivity index (χ1) is 12.6. The maximum atomic E-state index is 10.1. The van der Waals surface area contributed by atoms with Crippen LogP contribution in [0.1, 0.15) is 24.8 Å². The van der Waals surface area contributed by atoms with E-state index in [1.54, 1.807) is 0 Å². The van der Waals surface area contributed by atoms with Gasteiger partial charge in [0.05, 0.1) is 23.5 Å². The summed E-state index contributed by atoms with van der Waals surface area (Å²) in [6.45, 7) is 4.36. The van der Waals surface area contributed by atoms with Crippen LogP contribution in [0.4, 0.5) is 0 Å². The molecule has 0 radical (unpaired) electrons. The lowest BCUT2D eigenvalue weighted by molar-refractivity contribution is -0.0684. The second kappa shape index (κ2) is 7.31. The van der Waals surface area contributed by atoms with Crippen molar-refractivity contribution in [3.8, 4) is 5.69 Å². The van der Waals surface area contributed by atoms with Crippen molar-refractivity contribution in [3.63, 3.8) is 0 Å². The van der Waals surface area contributed by atoms with Gasteiger partial charge in [0.1, 0.15) is 0 Å². The van der Waals surface area contributed by atoms with Crippen LogP contribution in [0.3, 0.4) is 0 Å². The molecule has 1 aromatic heterocycles. The first-order valence-corrected chi connectivity index (χ1v) is 9.81. The highest BCUT2D eigenvalue weighted by atomic mass is 35.5. The van der Waals surface area contributed by atoms with Gasteiger partial charge >= 0.3 is 0 Å². The van der Waals surface area contributed by atoms with Gasteiger partial charge in [-0.2, -0.15) is 5.10 Å². The lowest BCUT2D eigenvalue weighted by Crippen LogP contribution is -2.61. The van der Waals surface area contributed by atoms with E-state index in [2.05, 4.69) is 28.1 Å². The third-order valence-corrected chi connectivity index (χ3v) is 6.56. The molecule has 0 spiro atoms. The van der Waals surface area contributed by atoms with E-state index in [1.165, 1.54) is 12.0 Å². The van der Waals surface area contributed by atoms with Crippen LogP contribution in [0, 0.1) is 5.41 Å². The molecular weight excluding hydrogens is 348 g/mol. The van der Waals surface area contributed by atoms with E-state index in [-0.39, 0.29) is 5.41 Å². The fourth-order valence-corrected chi connectivity index (χ4v) is 4.91. The molecule has 26 heavy (non-hydrogen) atoms. The number of likely N-dealkylation sites (N-methyl/N-ethyl adjacent to an activating group) is 1. The second-order valence-electron chi connectivity index (χ2n) is 7.85. The highest BCUT2D eigenvalue weighted by molar-refractivity contribution is 6.32. The number of aromatic nitrogens is 2. The summed E-state index contributed by atoms with van der Waals surface area (Å²) in [6.07, 6.45) is 7.41. The van der Waals surface area contributed by atoms with Crippen molar-refractivity contribution in [3.05, 3.63) is 47.2 Å². The van der Waals surface area contributed by atoms with Crippen LogP contribution in [0.2, 0.25) is 5.02 Å². The average molecular weight is 375 g/mol. The minimum Gasteiger partial charge on any atom is -0.396 e. The van der Waals surface area contributed by atoms with Gasteiger partial charge in [-0.15, -0.1) is 0 Å². The zero-order valence-electron chi connectivity index (χ0n) is 15.3. The number of fused-ring (bicyclic) bond motifs is 1. The van der Waals surface area contributed by atoms with Crippen molar-refractivity contribution in [2.45, 2.75) is 31.8 Å². The molecule has 2 saturated heterocycles. The Bertz CT molecular complexity index is 764. The Kier molecular flexibility index (Phi) is 5.06. The summed E-state index contributed by atoms with van der Waals surface area (Å²) in [5.41, 5.74) is 2.19. The van der Waals surface area contributed by atoms with Crippen LogP contribution in [-0.2, 0) is 6.54 Å². The number of para-hydroxylation sites is 1. The van der Waals surface area contributed by atoms with E-state index in [9.17, 15) is 5.11 Å². The van der Waals surface area contributed by atoms with Gasteiger partial charge in [0.15, 0.2) is 0 Å². The molecule has 0 amide bonds. The highest BCUT2D eigenvalue weighted by Crippen LogP contribution is 2.41. The molecule has 5 nitrogen and oxygen atoms in total. The van der Waals surface area contributed by atoms with Gasteiger partial charge in [-0.05, 0) is 51.5 Å². The Labute approximate surface area is 160 Å². The van der Waals surface area contributed by atoms with Gasteiger partial charge in [0.25, 0.3) is 0 Å². The lowest BCUT2D eigenvalue weighted by Gasteiger charge is -2.53. The number of piperidine rings is 2. The zero-order chi connectivity index (χ0) is 18.1. The minimum absolute atomic E-state index is 0.0885. The van der Waals surface area contributed by atoms with Gasteiger partial charge in [0, 0.05) is 36.3 Å². The van der Waals surface area contributed by atoms with Crippen molar-refractivity contribution in [1.82, 2.24) is 19.6 Å². The summed E-state index contributed by atoms with van der Waals surface area (Å²) >= 11 is 6.28. The zero-order valence-corrected chi connectivity index (χ0v) is 16.1. The van der Waals surface area contributed by atoms with Crippen LogP contribution in [0.25, 0.3) is 5.69 Å². The maximum Gasteiger partial charge on any atom is 0.0831 e. The number of nitrogens with zero attached hydrogens (tertiary/aromatic N) is 4. The topological polar surface area (TPSA) is 44.5 Å². The Morgan fingerprint density at radius 3 is 2.92 bits per heavy atom. The molecule has 0 saturated carbocycles. The molecule has 1 aromatic carbocycles. The predicted octanol–water partition coefficient (Wildman–Crippen LogP) is 2.80. The number of likely N-dealkylation sites (tertiary alicyclic amines) is 2. The maximum absolute atomic E-state index is 10.1. The normalized spacial score (nSPS) is 27.4. The number of halogens is 1. The molecule has 2 aromatic rings. The van der Waals surface area contributed by atoms with E-state index in [0.717, 1.165) is 44.7 Å². The smallest absolute Gasteiger partial charge is 0.0831 e. The van der Waals surface area contributed by atoms with Crippen LogP contribution >= 0.6 is 11.6 Å². The molecule has 0 bridgehead atoms. The van der Waals surface area contributed by atoms with Gasteiger partial charge < -0.3 is 10.0 Å². The standard InChI is InChI=1S/C20H27ClN4O/c1-23-9-4-7-20(15-26)8-10-24(14-19(20)23)12-16-11-22-25(13-16)18-6-3-2-5-17(18)21/h2-3,5-6,11,13,19,26H,4,7-10,12,14-15H2,1H3/t19-,20-/m1/s1. The molecule has 2 aliphatic heterocycles. The molecule has 2 atom stereocenters. The van der Waals surface area contributed by atoms with E-state index in [0.29, 0.717) is 17.7 Å². The quantitative estimate of drug-likeness (QED) is 0.893. The summed E-state index contributed by atoms with van der Waals surface area (Å²) in [4.78, 5) is 4.94. The van der Waals surface area contributed by atoms with Crippen LogP contribution in [0.5, 0.6) is 0 Å². The molecule has 0 aliphatic carbocycles. The SMILES string of the molecule is CN1CCC[C@]2(CO)CCN(Cc3cnn(-c4ccccc4Cl)c3)C[C@@H]12. The Hall–Kier alpha value is -1.40. The lowest BCUT2D eigenvalue weighted by atomic mass is 9.69.